The molecule has 2 N–H and O–H groups in total. The molecule has 1 aromatic heterocycles. The van der Waals surface area contributed by atoms with E-state index in [4.69, 9.17) is 23.2 Å². The Kier molecular flexibility index (Phi) is 5.55. The second kappa shape index (κ2) is 7.55. The number of hydrogen-bond donors (Lipinski definition) is 2. The van der Waals surface area contributed by atoms with E-state index < -0.39 is 17.3 Å². The molecular formula is C18H18Cl2N2O3S. The maximum Gasteiger partial charge on any atom is 0.319 e. The molecule has 0 spiro atoms. The van der Waals surface area contributed by atoms with Gasteiger partial charge in [-0.1, -0.05) is 42.5 Å². The molecule has 1 amide bonds. The standard InChI is InChI=1S/C18H18Cl2N2O3S/c1-10-14(12-6-5-11(19)9-13(12)20)21-17(26-10)22-15(23)18(16(24)25)7-3-2-4-8-18/h5-6,9H,2-4,7-8H2,1H3,(H,24,25)(H,21,22,23). The highest BCUT2D eigenvalue weighted by molar-refractivity contribution is 7.16. The van der Waals surface area contributed by atoms with Crippen molar-refractivity contribution in [2.24, 2.45) is 5.41 Å². The smallest absolute Gasteiger partial charge is 0.319 e. The van der Waals surface area contributed by atoms with Crippen LogP contribution in [-0.4, -0.2) is 22.0 Å². The number of carboxylic acid groups (broad SMARTS) is 1. The molecule has 0 saturated heterocycles. The first-order chi connectivity index (χ1) is 12.3. The molecule has 1 heterocycles. The summed E-state index contributed by atoms with van der Waals surface area (Å²) >= 11 is 13.5. The largest absolute Gasteiger partial charge is 0.480 e. The second-order valence-corrected chi connectivity index (χ2v) is 8.50. The van der Waals surface area contributed by atoms with Crippen molar-refractivity contribution in [3.63, 3.8) is 0 Å². The number of carbonyl (C=O) groups excluding carboxylic acids is 1. The van der Waals surface area contributed by atoms with E-state index in [-0.39, 0.29) is 0 Å². The molecule has 1 fully saturated rings. The number of amides is 1. The van der Waals surface area contributed by atoms with Crippen LogP contribution in [0, 0.1) is 12.3 Å². The molecule has 0 atom stereocenters. The predicted molar refractivity (Wildman–Crippen MR) is 104 cm³/mol. The van der Waals surface area contributed by atoms with Crippen LogP contribution in [0.4, 0.5) is 5.13 Å². The zero-order valence-electron chi connectivity index (χ0n) is 14.1. The number of carboxylic acids is 1. The molecule has 1 aliphatic carbocycles. The Morgan fingerprint density at radius 3 is 2.54 bits per heavy atom. The van der Waals surface area contributed by atoms with Crippen molar-refractivity contribution < 1.29 is 14.7 Å². The molecule has 0 radical (unpaired) electrons. The minimum absolute atomic E-state index is 0.356. The Labute approximate surface area is 165 Å². The van der Waals surface area contributed by atoms with Crippen LogP contribution in [0.5, 0.6) is 0 Å². The van der Waals surface area contributed by atoms with Crippen LogP contribution >= 0.6 is 34.5 Å². The molecule has 138 valence electrons. The maximum atomic E-state index is 12.7. The van der Waals surface area contributed by atoms with Gasteiger partial charge in [-0.15, -0.1) is 11.3 Å². The van der Waals surface area contributed by atoms with Crippen LogP contribution in [0.25, 0.3) is 11.3 Å². The van der Waals surface area contributed by atoms with Gasteiger partial charge in [0.05, 0.1) is 10.7 Å². The van der Waals surface area contributed by atoms with Gasteiger partial charge in [0.1, 0.15) is 5.41 Å². The summed E-state index contributed by atoms with van der Waals surface area (Å²) in [6.07, 6.45) is 3.14. The zero-order chi connectivity index (χ0) is 18.9. The minimum Gasteiger partial charge on any atom is -0.480 e. The van der Waals surface area contributed by atoms with Gasteiger partial charge < -0.3 is 10.4 Å². The highest BCUT2D eigenvalue weighted by Gasteiger charge is 2.47. The van der Waals surface area contributed by atoms with Crippen molar-refractivity contribution in [1.82, 2.24) is 4.98 Å². The molecule has 0 unspecified atom stereocenters. The van der Waals surface area contributed by atoms with Crippen LogP contribution in [0.2, 0.25) is 10.0 Å². The van der Waals surface area contributed by atoms with Gasteiger partial charge in [0, 0.05) is 15.5 Å². The Morgan fingerprint density at radius 2 is 1.92 bits per heavy atom. The summed E-state index contributed by atoms with van der Waals surface area (Å²) in [6, 6.07) is 5.14. The minimum atomic E-state index is -1.37. The number of aryl methyl sites for hydroxylation is 1. The number of nitrogens with zero attached hydrogens (tertiary/aromatic N) is 1. The SMILES string of the molecule is Cc1sc(NC(=O)C2(C(=O)O)CCCCC2)nc1-c1ccc(Cl)cc1Cl. The molecule has 3 rings (SSSR count). The second-order valence-electron chi connectivity index (χ2n) is 6.45. The maximum absolute atomic E-state index is 12.7. The summed E-state index contributed by atoms with van der Waals surface area (Å²) in [4.78, 5) is 29.8. The molecule has 8 heteroatoms. The molecule has 1 aromatic carbocycles. The van der Waals surface area contributed by atoms with E-state index in [0.717, 1.165) is 29.7 Å². The topological polar surface area (TPSA) is 79.3 Å². The summed E-state index contributed by atoms with van der Waals surface area (Å²) in [6.45, 7) is 1.88. The van der Waals surface area contributed by atoms with Crippen LogP contribution in [0.15, 0.2) is 18.2 Å². The van der Waals surface area contributed by atoms with E-state index >= 15 is 0 Å². The number of carbonyl (C=O) groups is 2. The number of benzene rings is 1. The first kappa shape index (κ1) is 19.1. The fourth-order valence-electron chi connectivity index (χ4n) is 3.29. The lowest BCUT2D eigenvalue weighted by Crippen LogP contribution is -2.44. The number of halogens is 2. The highest BCUT2D eigenvalue weighted by Crippen LogP contribution is 2.39. The normalized spacial score (nSPS) is 16.3. The average molecular weight is 413 g/mol. The molecule has 5 nitrogen and oxygen atoms in total. The van der Waals surface area contributed by atoms with Gasteiger partial charge in [-0.3, -0.25) is 9.59 Å². The number of hydrogen-bond acceptors (Lipinski definition) is 4. The Hall–Kier alpha value is -1.63. The van der Waals surface area contributed by atoms with Crippen molar-refractivity contribution >= 4 is 51.5 Å². The Bertz CT molecular complexity index is 860. The number of aliphatic carboxylic acids is 1. The van der Waals surface area contributed by atoms with Gasteiger partial charge in [-0.05, 0) is 38.0 Å². The third-order valence-corrected chi connectivity index (χ3v) is 6.19. The summed E-state index contributed by atoms with van der Waals surface area (Å²) in [5.74, 6) is -1.56. The number of anilines is 1. The Balaban J connectivity index is 1.87. The highest BCUT2D eigenvalue weighted by atomic mass is 35.5. The van der Waals surface area contributed by atoms with Gasteiger partial charge >= 0.3 is 5.97 Å². The van der Waals surface area contributed by atoms with Gasteiger partial charge in [0.2, 0.25) is 5.91 Å². The molecular weight excluding hydrogens is 395 g/mol. The zero-order valence-corrected chi connectivity index (χ0v) is 16.5. The summed E-state index contributed by atoms with van der Waals surface area (Å²) in [5.41, 5.74) is 0.00604. The van der Waals surface area contributed by atoms with Crippen LogP contribution in [-0.2, 0) is 9.59 Å². The predicted octanol–water partition coefficient (Wildman–Crippen LogP) is 5.40. The first-order valence-corrected chi connectivity index (χ1v) is 9.88. The lowest BCUT2D eigenvalue weighted by atomic mass is 9.73. The van der Waals surface area contributed by atoms with E-state index in [9.17, 15) is 14.7 Å². The van der Waals surface area contributed by atoms with Crippen LogP contribution < -0.4 is 5.32 Å². The van der Waals surface area contributed by atoms with Crippen molar-refractivity contribution in [3.8, 4) is 11.3 Å². The number of aromatic nitrogens is 1. The van der Waals surface area contributed by atoms with Crippen molar-refractivity contribution in [1.29, 1.82) is 0 Å². The van der Waals surface area contributed by atoms with Gasteiger partial charge in [-0.2, -0.15) is 0 Å². The Morgan fingerprint density at radius 1 is 1.23 bits per heavy atom. The van der Waals surface area contributed by atoms with E-state index in [1.54, 1.807) is 18.2 Å². The van der Waals surface area contributed by atoms with Crippen molar-refractivity contribution in [2.45, 2.75) is 39.0 Å². The van der Waals surface area contributed by atoms with E-state index in [1.165, 1.54) is 11.3 Å². The van der Waals surface area contributed by atoms with Gasteiger partial charge in [0.25, 0.3) is 0 Å². The number of thiazole rings is 1. The van der Waals surface area contributed by atoms with Gasteiger partial charge in [0.15, 0.2) is 5.13 Å². The third-order valence-electron chi connectivity index (χ3n) is 4.75. The molecule has 1 aliphatic rings. The van der Waals surface area contributed by atoms with Crippen molar-refractivity contribution in [3.05, 3.63) is 33.1 Å². The molecule has 26 heavy (non-hydrogen) atoms. The lowest BCUT2D eigenvalue weighted by Gasteiger charge is -2.31. The van der Waals surface area contributed by atoms with E-state index in [0.29, 0.717) is 33.7 Å². The fraction of sp³-hybridized carbons (Fsp3) is 0.389. The summed E-state index contributed by atoms with van der Waals surface area (Å²) < 4.78 is 0. The summed E-state index contributed by atoms with van der Waals surface area (Å²) in [7, 11) is 0. The van der Waals surface area contributed by atoms with Crippen LogP contribution in [0.3, 0.4) is 0 Å². The molecule has 1 saturated carbocycles. The number of nitrogens with one attached hydrogen (secondary N) is 1. The molecule has 0 bridgehead atoms. The van der Waals surface area contributed by atoms with Crippen molar-refractivity contribution in [2.75, 3.05) is 5.32 Å². The fourth-order valence-corrected chi connectivity index (χ4v) is 4.61. The van der Waals surface area contributed by atoms with E-state index in [2.05, 4.69) is 10.3 Å². The first-order valence-electron chi connectivity index (χ1n) is 8.31. The third kappa shape index (κ3) is 3.59. The van der Waals surface area contributed by atoms with Gasteiger partial charge in [-0.25, -0.2) is 4.98 Å². The lowest BCUT2D eigenvalue weighted by molar-refractivity contribution is -0.156. The quantitative estimate of drug-likeness (QED) is 0.658. The van der Waals surface area contributed by atoms with E-state index in [1.807, 2.05) is 6.92 Å². The monoisotopic (exact) mass is 412 g/mol. The summed E-state index contributed by atoms with van der Waals surface area (Å²) in [5, 5.41) is 13.7. The molecule has 0 aliphatic heterocycles. The molecule has 2 aromatic rings. The van der Waals surface area contributed by atoms with Crippen LogP contribution in [0.1, 0.15) is 37.0 Å². The number of rotatable bonds is 4. The average Bonchev–Trinajstić information content (AvgIpc) is 2.95.